The predicted octanol–water partition coefficient (Wildman–Crippen LogP) is 6.20. The number of esters is 1. The van der Waals surface area contributed by atoms with Gasteiger partial charge in [-0.15, -0.1) is 0 Å². The van der Waals surface area contributed by atoms with E-state index in [-0.39, 0.29) is 12.1 Å². The van der Waals surface area contributed by atoms with Crippen LogP contribution in [-0.4, -0.2) is 12.1 Å². The quantitative estimate of drug-likeness (QED) is 0.204. The minimum Gasteiger partial charge on any atom is -0.459 e. The first-order valence-corrected chi connectivity index (χ1v) is 9.07. The molecule has 0 aliphatic carbocycles. The van der Waals surface area contributed by atoms with Crippen molar-refractivity contribution in [2.45, 2.75) is 103 Å². The average molecular weight is 296 g/mol. The maximum Gasteiger partial charge on any atom is 0.330 e. The minimum absolute atomic E-state index is 0.0922. The highest BCUT2D eigenvalue weighted by molar-refractivity contribution is 5.81. The number of carbonyl (C=O) groups is 1. The molecule has 0 aromatic carbocycles. The molecule has 0 fully saturated rings. The molecule has 0 saturated carbocycles. The fourth-order valence-corrected chi connectivity index (χ4v) is 2.66. The summed E-state index contributed by atoms with van der Waals surface area (Å²) in [7, 11) is 0. The molecule has 0 aliphatic rings. The number of rotatable bonds is 15. The van der Waals surface area contributed by atoms with E-state index in [1.165, 1.54) is 70.3 Å². The molecule has 0 N–H and O–H groups in total. The van der Waals surface area contributed by atoms with Crippen LogP contribution >= 0.6 is 0 Å². The average Bonchev–Trinajstić information content (AvgIpc) is 2.49. The van der Waals surface area contributed by atoms with E-state index >= 15 is 0 Å². The summed E-state index contributed by atoms with van der Waals surface area (Å²) in [5.74, 6) is -0.277. The Bertz CT molecular complexity index is 248. The first-order valence-electron chi connectivity index (χ1n) is 9.07. The maximum atomic E-state index is 11.2. The second-order valence-electron chi connectivity index (χ2n) is 6.02. The molecular weight excluding hydrogens is 260 g/mol. The number of unbranched alkanes of at least 4 members (excludes halogenated alkanes) is 9. The second kappa shape index (κ2) is 15.6. The van der Waals surface area contributed by atoms with Crippen LogP contribution in [0.5, 0.6) is 0 Å². The molecule has 1 atom stereocenters. The lowest BCUT2D eigenvalue weighted by atomic mass is 10.0. The van der Waals surface area contributed by atoms with E-state index in [2.05, 4.69) is 20.4 Å². The molecule has 0 amide bonds. The predicted molar refractivity (Wildman–Crippen MR) is 91.4 cm³/mol. The van der Waals surface area contributed by atoms with Crippen LogP contribution in [0.3, 0.4) is 0 Å². The molecule has 2 nitrogen and oxygen atoms in total. The van der Waals surface area contributed by atoms with E-state index in [9.17, 15) is 4.79 Å². The Morgan fingerprint density at radius 3 is 1.86 bits per heavy atom. The van der Waals surface area contributed by atoms with Crippen LogP contribution in [0.4, 0.5) is 0 Å². The van der Waals surface area contributed by atoms with Gasteiger partial charge in [0.1, 0.15) is 6.10 Å². The molecule has 0 spiro atoms. The fraction of sp³-hybridized carbons (Fsp3) is 0.842. The van der Waals surface area contributed by atoms with E-state index in [0.717, 1.165) is 19.3 Å². The fourth-order valence-electron chi connectivity index (χ4n) is 2.66. The zero-order valence-corrected chi connectivity index (χ0v) is 14.4. The van der Waals surface area contributed by atoms with Crippen LogP contribution < -0.4 is 0 Å². The van der Waals surface area contributed by atoms with Gasteiger partial charge >= 0.3 is 5.97 Å². The lowest BCUT2D eigenvalue weighted by Gasteiger charge is -2.16. The third-order valence-electron chi connectivity index (χ3n) is 3.94. The number of hydrogen-bond acceptors (Lipinski definition) is 2. The Labute approximate surface area is 132 Å². The van der Waals surface area contributed by atoms with Crippen LogP contribution in [0.1, 0.15) is 97.3 Å². The first kappa shape index (κ1) is 20.2. The molecule has 0 radical (unpaired) electrons. The van der Waals surface area contributed by atoms with Crippen molar-refractivity contribution in [3.8, 4) is 0 Å². The van der Waals surface area contributed by atoms with Gasteiger partial charge in [0.25, 0.3) is 0 Å². The summed E-state index contributed by atoms with van der Waals surface area (Å²) in [6.07, 6.45) is 17.8. The zero-order valence-electron chi connectivity index (χ0n) is 14.4. The van der Waals surface area contributed by atoms with Gasteiger partial charge < -0.3 is 4.74 Å². The maximum absolute atomic E-state index is 11.2. The van der Waals surface area contributed by atoms with Crippen molar-refractivity contribution in [1.29, 1.82) is 0 Å². The highest BCUT2D eigenvalue weighted by atomic mass is 16.5. The Kier molecular flexibility index (Phi) is 15.0. The molecule has 0 saturated heterocycles. The van der Waals surface area contributed by atoms with E-state index in [1.54, 1.807) is 0 Å². The summed E-state index contributed by atoms with van der Waals surface area (Å²) in [6.45, 7) is 7.85. The Balaban J connectivity index is 3.45. The molecule has 0 bridgehead atoms. The summed E-state index contributed by atoms with van der Waals surface area (Å²) in [5.41, 5.74) is 0. The van der Waals surface area contributed by atoms with Gasteiger partial charge in [0.2, 0.25) is 0 Å². The number of ether oxygens (including phenoxy) is 1. The minimum atomic E-state index is -0.277. The van der Waals surface area contributed by atoms with Gasteiger partial charge in [-0.05, 0) is 19.3 Å². The van der Waals surface area contributed by atoms with Crippen LogP contribution in [0.25, 0.3) is 0 Å². The SMILES string of the molecule is C=CC(=O)OC(CCC)CCCCCCCCCCCC. The summed E-state index contributed by atoms with van der Waals surface area (Å²) in [6, 6.07) is 0. The third-order valence-corrected chi connectivity index (χ3v) is 3.94. The summed E-state index contributed by atoms with van der Waals surface area (Å²) in [4.78, 5) is 11.2. The van der Waals surface area contributed by atoms with Crippen molar-refractivity contribution in [2.75, 3.05) is 0 Å². The Hall–Kier alpha value is -0.790. The van der Waals surface area contributed by atoms with Gasteiger partial charge in [0.05, 0.1) is 0 Å². The van der Waals surface area contributed by atoms with E-state index < -0.39 is 0 Å². The Morgan fingerprint density at radius 2 is 1.38 bits per heavy atom. The van der Waals surface area contributed by atoms with Crippen LogP contribution in [0, 0.1) is 0 Å². The van der Waals surface area contributed by atoms with Crippen molar-refractivity contribution in [1.82, 2.24) is 0 Å². The van der Waals surface area contributed by atoms with E-state index in [4.69, 9.17) is 4.74 Å². The third kappa shape index (κ3) is 13.9. The van der Waals surface area contributed by atoms with Gasteiger partial charge in [0, 0.05) is 6.08 Å². The summed E-state index contributed by atoms with van der Waals surface area (Å²) < 4.78 is 5.37. The van der Waals surface area contributed by atoms with E-state index in [0.29, 0.717) is 0 Å². The zero-order chi connectivity index (χ0) is 15.8. The van der Waals surface area contributed by atoms with Gasteiger partial charge in [-0.3, -0.25) is 0 Å². The molecule has 2 heteroatoms. The normalized spacial score (nSPS) is 12.1. The second-order valence-corrected chi connectivity index (χ2v) is 6.02. The van der Waals surface area contributed by atoms with Crippen LogP contribution in [0.15, 0.2) is 12.7 Å². The lowest BCUT2D eigenvalue weighted by molar-refractivity contribution is -0.143. The molecule has 124 valence electrons. The highest BCUT2D eigenvalue weighted by Crippen LogP contribution is 2.15. The van der Waals surface area contributed by atoms with Crippen molar-refractivity contribution >= 4 is 5.97 Å². The molecule has 21 heavy (non-hydrogen) atoms. The van der Waals surface area contributed by atoms with Crippen molar-refractivity contribution < 1.29 is 9.53 Å². The number of carbonyl (C=O) groups excluding carboxylic acids is 1. The molecule has 0 aromatic rings. The van der Waals surface area contributed by atoms with Crippen molar-refractivity contribution in [3.63, 3.8) is 0 Å². The first-order chi connectivity index (χ1) is 10.2. The largest absolute Gasteiger partial charge is 0.459 e. The van der Waals surface area contributed by atoms with Crippen molar-refractivity contribution in [2.24, 2.45) is 0 Å². The monoisotopic (exact) mass is 296 g/mol. The van der Waals surface area contributed by atoms with Gasteiger partial charge in [-0.2, -0.15) is 0 Å². The van der Waals surface area contributed by atoms with Crippen LogP contribution in [-0.2, 0) is 9.53 Å². The van der Waals surface area contributed by atoms with E-state index in [1.807, 2.05) is 0 Å². The van der Waals surface area contributed by atoms with Gasteiger partial charge in [-0.1, -0.05) is 84.6 Å². The highest BCUT2D eigenvalue weighted by Gasteiger charge is 2.11. The molecule has 0 rings (SSSR count). The summed E-state index contributed by atoms with van der Waals surface area (Å²) >= 11 is 0. The number of hydrogen-bond donors (Lipinski definition) is 0. The smallest absolute Gasteiger partial charge is 0.330 e. The molecular formula is C19H36O2. The topological polar surface area (TPSA) is 26.3 Å². The molecule has 1 unspecified atom stereocenters. The molecule has 0 aliphatic heterocycles. The standard InChI is InChI=1S/C19H36O2/c1-4-7-8-9-10-11-12-13-14-15-17-18(16-5-2)21-19(20)6-3/h6,18H,3-5,7-17H2,1-2H3. The Morgan fingerprint density at radius 1 is 0.857 bits per heavy atom. The molecule has 0 aromatic heterocycles. The lowest BCUT2D eigenvalue weighted by Crippen LogP contribution is -2.16. The van der Waals surface area contributed by atoms with Gasteiger partial charge in [0.15, 0.2) is 0 Å². The van der Waals surface area contributed by atoms with Crippen molar-refractivity contribution in [3.05, 3.63) is 12.7 Å². The molecule has 0 heterocycles. The summed E-state index contributed by atoms with van der Waals surface area (Å²) in [5, 5.41) is 0. The van der Waals surface area contributed by atoms with Crippen LogP contribution in [0.2, 0.25) is 0 Å². The van der Waals surface area contributed by atoms with Gasteiger partial charge in [-0.25, -0.2) is 4.79 Å².